The molecular weight excluding hydrogens is 424 g/mol. The summed E-state index contributed by atoms with van der Waals surface area (Å²) in [4.78, 5) is 0. The minimum Gasteiger partial charge on any atom is -0.289 e. The van der Waals surface area contributed by atoms with Crippen molar-refractivity contribution in [2.45, 2.75) is 105 Å². The van der Waals surface area contributed by atoms with Crippen molar-refractivity contribution in [3.8, 4) is 28.0 Å². The fraction of sp³-hybridized carbons (Fsp3) is 0.471. The smallest absolute Gasteiger partial charge is 0.194 e. The van der Waals surface area contributed by atoms with Crippen LogP contribution in [-0.4, -0.2) is 0 Å². The van der Waals surface area contributed by atoms with Gasteiger partial charge in [-0.25, -0.2) is 0 Å². The molecule has 0 N–H and O–H groups in total. The molecule has 0 spiro atoms. The van der Waals surface area contributed by atoms with E-state index >= 15 is 0 Å². The molecule has 1 heteroatoms. The number of para-hydroxylation sites is 1. The van der Waals surface area contributed by atoms with Gasteiger partial charge in [-0.1, -0.05) is 138 Å². The monoisotopic (exact) mass is 469 g/mol. The molecule has 3 rings (SSSR count). The zero-order valence-electron chi connectivity index (χ0n) is 24.1. The second-order valence-corrected chi connectivity index (χ2v) is 14.1. The molecule has 0 saturated carbocycles. The summed E-state index contributed by atoms with van der Waals surface area (Å²) in [5.41, 5.74) is 8.37. The first-order chi connectivity index (χ1) is 15.8. The summed E-state index contributed by atoms with van der Waals surface area (Å²) in [5.74, 6) is 0.122. The predicted molar refractivity (Wildman–Crippen MR) is 152 cm³/mol. The largest absolute Gasteiger partial charge is 0.289 e. The minimum atomic E-state index is -0.0844. The van der Waals surface area contributed by atoms with E-state index in [4.69, 9.17) is 0 Å². The fourth-order valence-corrected chi connectivity index (χ4v) is 5.12. The van der Waals surface area contributed by atoms with Crippen molar-refractivity contribution < 1.29 is 5.11 Å². The molecule has 0 amide bonds. The van der Waals surface area contributed by atoms with Crippen LogP contribution in [0.1, 0.15) is 105 Å². The van der Waals surface area contributed by atoms with Crippen LogP contribution in [0.4, 0.5) is 0 Å². The van der Waals surface area contributed by atoms with Gasteiger partial charge in [-0.3, -0.25) is 5.11 Å². The molecule has 0 aliphatic carbocycles. The maximum Gasteiger partial charge on any atom is 0.194 e. The Hall–Kier alpha value is -2.54. The Morgan fingerprint density at radius 3 is 0.857 bits per heavy atom. The molecule has 1 nitrogen and oxygen atoms in total. The van der Waals surface area contributed by atoms with Gasteiger partial charge in [0, 0.05) is 11.1 Å². The van der Waals surface area contributed by atoms with E-state index in [1.54, 1.807) is 0 Å². The van der Waals surface area contributed by atoms with Crippen molar-refractivity contribution in [2.24, 2.45) is 0 Å². The highest BCUT2D eigenvalue weighted by atomic mass is 16.3. The second-order valence-electron chi connectivity index (χ2n) is 14.1. The first kappa shape index (κ1) is 27.1. The van der Waals surface area contributed by atoms with Crippen molar-refractivity contribution in [3.63, 3.8) is 0 Å². The maximum atomic E-state index is 14.5. The van der Waals surface area contributed by atoms with Gasteiger partial charge in [-0.05, 0) is 55.0 Å². The third-order valence-corrected chi connectivity index (χ3v) is 6.91. The topological polar surface area (TPSA) is 19.9 Å². The molecule has 3 aromatic rings. The van der Waals surface area contributed by atoms with Gasteiger partial charge in [-0.2, -0.15) is 0 Å². The van der Waals surface area contributed by atoms with Gasteiger partial charge in [-0.15, -0.1) is 0 Å². The summed E-state index contributed by atoms with van der Waals surface area (Å²) < 4.78 is 0. The molecule has 0 heterocycles. The Labute approximate surface area is 214 Å². The lowest BCUT2D eigenvalue weighted by Crippen LogP contribution is -2.20. The quantitative estimate of drug-likeness (QED) is 0.356. The fourth-order valence-electron chi connectivity index (χ4n) is 5.12. The van der Waals surface area contributed by atoms with Crippen LogP contribution in [0.5, 0.6) is 5.75 Å². The Kier molecular flexibility index (Phi) is 6.83. The van der Waals surface area contributed by atoms with Crippen LogP contribution in [0.2, 0.25) is 0 Å². The average Bonchev–Trinajstić information content (AvgIpc) is 2.70. The average molecular weight is 470 g/mol. The SMILES string of the molecule is CC(C)(C)c1cccc(C(C)(C)C)c1-c1cccc(-c2c(C(C)(C)C)cccc2C(C)(C)C)c1[O]. The molecule has 0 atom stereocenters. The van der Waals surface area contributed by atoms with Crippen molar-refractivity contribution in [2.75, 3.05) is 0 Å². The summed E-state index contributed by atoms with van der Waals surface area (Å²) >= 11 is 0. The maximum absolute atomic E-state index is 14.5. The van der Waals surface area contributed by atoms with Crippen LogP contribution in [0.3, 0.4) is 0 Å². The summed E-state index contributed by atoms with van der Waals surface area (Å²) in [5, 5.41) is 14.5. The predicted octanol–water partition coefficient (Wildman–Crippen LogP) is 10.4. The number of rotatable bonds is 2. The Morgan fingerprint density at radius 1 is 0.400 bits per heavy atom. The molecule has 0 aromatic heterocycles. The molecule has 0 aliphatic rings. The number of hydrogen-bond donors (Lipinski definition) is 0. The molecule has 0 bridgehead atoms. The molecule has 187 valence electrons. The lowest BCUT2D eigenvalue weighted by atomic mass is 9.72. The van der Waals surface area contributed by atoms with Crippen LogP contribution in [0, 0.1) is 0 Å². The minimum absolute atomic E-state index is 0.0844. The second kappa shape index (κ2) is 8.84. The van der Waals surface area contributed by atoms with Gasteiger partial charge < -0.3 is 0 Å². The van der Waals surface area contributed by atoms with Crippen LogP contribution < -0.4 is 0 Å². The Morgan fingerprint density at radius 2 is 0.629 bits per heavy atom. The molecule has 0 fully saturated rings. The van der Waals surface area contributed by atoms with Gasteiger partial charge in [0.2, 0.25) is 0 Å². The zero-order chi connectivity index (χ0) is 26.6. The third kappa shape index (κ3) is 5.35. The van der Waals surface area contributed by atoms with Gasteiger partial charge in [0.15, 0.2) is 5.75 Å². The highest BCUT2D eigenvalue weighted by molar-refractivity contribution is 5.88. The Balaban J connectivity index is 2.49. The first-order valence-electron chi connectivity index (χ1n) is 12.9. The highest BCUT2D eigenvalue weighted by Crippen LogP contribution is 2.49. The molecule has 35 heavy (non-hydrogen) atoms. The van der Waals surface area contributed by atoms with Crippen molar-refractivity contribution in [1.29, 1.82) is 0 Å². The van der Waals surface area contributed by atoms with Crippen LogP contribution in [0.25, 0.3) is 22.3 Å². The van der Waals surface area contributed by atoms with E-state index in [0.717, 1.165) is 22.3 Å². The van der Waals surface area contributed by atoms with Gasteiger partial charge in [0.05, 0.1) is 0 Å². The molecular formula is C34H45O. The van der Waals surface area contributed by atoms with E-state index < -0.39 is 0 Å². The molecule has 0 aliphatic heterocycles. The molecule has 1 radical (unpaired) electrons. The molecule has 3 aromatic carbocycles. The summed E-state index contributed by atoms with van der Waals surface area (Å²) in [6.07, 6.45) is 0. The lowest BCUT2D eigenvalue weighted by molar-refractivity contribution is 0.358. The summed E-state index contributed by atoms with van der Waals surface area (Å²) in [6, 6.07) is 19.2. The number of hydrogen-bond acceptors (Lipinski definition) is 0. The zero-order valence-corrected chi connectivity index (χ0v) is 24.1. The van der Waals surface area contributed by atoms with E-state index in [1.165, 1.54) is 22.3 Å². The first-order valence-corrected chi connectivity index (χ1v) is 12.9. The van der Waals surface area contributed by atoms with Gasteiger partial charge in [0.1, 0.15) is 0 Å². The Bertz CT molecular complexity index is 1060. The summed E-state index contributed by atoms with van der Waals surface area (Å²) in [7, 11) is 0. The number of benzene rings is 3. The van der Waals surface area contributed by atoms with Gasteiger partial charge in [0.25, 0.3) is 0 Å². The standard InChI is InChI=1S/C34H45O/c1-31(2,3)24-18-14-19-25(32(4,5)6)28(24)22-16-13-17-23(30(22)35)29-26(33(7,8)9)20-15-21-27(29)34(10,11)12/h13-21H,1-12H3. The van der Waals surface area contributed by atoms with Crippen LogP contribution >= 0.6 is 0 Å². The normalized spacial score (nSPS) is 13.3. The van der Waals surface area contributed by atoms with E-state index in [9.17, 15) is 5.11 Å². The van der Waals surface area contributed by atoms with E-state index in [2.05, 4.69) is 126 Å². The van der Waals surface area contributed by atoms with E-state index in [1.807, 2.05) is 12.1 Å². The third-order valence-electron chi connectivity index (χ3n) is 6.91. The van der Waals surface area contributed by atoms with Crippen molar-refractivity contribution >= 4 is 0 Å². The molecule has 0 unspecified atom stereocenters. The lowest BCUT2D eigenvalue weighted by Gasteiger charge is -2.32. The van der Waals surface area contributed by atoms with Crippen LogP contribution in [0.15, 0.2) is 54.6 Å². The molecule has 0 saturated heterocycles. The summed E-state index contributed by atoms with van der Waals surface area (Å²) in [6.45, 7) is 26.8. The van der Waals surface area contributed by atoms with Crippen molar-refractivity contribution in [1.82, 2.24) is 0 Å². The highest BCUT2D eigenvalue weighted by Gasteiger charge is 2.31. The van der Waals surface area contributed by atoms with Crippen LogP contribution in [-0.2, 0) is 26.8 Å². The van der Waals surface area contributed by atoms with E-state index in [0.29, 0.717) is 0 Å². The van der Waals surface area contributed by atoms with Gasteiger partial charge >= 0.3 is 0 Å². The van der Waals surface area contributed by atoms with Crippen molar-refractivity contribution in [3.05, 3.63) is 76.9 Å². The van der Waals surface area contributed by atoms with E-state index in [-0.39, 0.29) is 27.4 Å².